The maximum Gasteiger partial charge on any atom is 0.251 e. The number of carbonyl (C=O) groups excluding carboxylic acids is 2. The third-order valence-electron chi connectivity index (χ3n) is 6.07. The number of fused-ring (bicyclic) bond motifs is 1. The molecule has 0 aliphatic carbocycles. The highest BCUT2D eigenvalue weighted by Gasteiger charge is 2.21. The van der Waals surface area contributed by atoms with Gasteiger partial charge in [0.1, 0.15) is 12.4 Å². The summed E-state index contributed by atoms with van der Waals surface area (Å²) in [4.78, 5) is 32.5. The molecule has 1 fully saturated rings. The molecule has 180 valence electrons. The molecule has 2 aromatic carbocycles. The van der Waals surface area contributed by atoms with Crippen LogP contribution in [0.15, 0.2) is 36.4 Å². The number of methoxy groups -OCH3 is 3. The van der Waals surface area contributed by atoms with Crippen molar-refractivity contribution in [1.82, 2.24) is 19.8 Å². The third kappa shape index (κ3) is 4.78. The van der Waals surface area contributed by atoms with Gasteiger partial charge < -0.3 is 29.0 Å². The Morgan fingerprint density at radius 2 is 1.65 bits per heavy atom. The second-order valence-electron chi connectivity index (χ2n) is 8.14. The fourth-order valence-electron chi connectivity index (χ4n) is 4.29. The van der Waals surface area contributed by atoms with Crippen LogP contribution in [0, 0.1) is 0 Å². The monoisotopic (exact) mass is 466 g/mol. The second-order valence-corrected chi connectivity index (χ2v) is 8.14. The van der Waals surface area contributed by atoms with Gasteiger partial charge in [0, 0.05) is 18.7 Å². The number of carbonyl (C=O) groups is 2. The summed E-state index contributed by atoms with van der Waals surface area (Å²) in [7, 11) is 4.51. The fourth-order valence-corrected chi connectivity index (χ4v) is 4.29. The van der Waals surface area contributed by atoms with Gasteiger partial charge in [-0.1, -0.05) is 12.1 Å². The zero-order valence-electron chi connectivity index (χ0n) is 19.8. The Balaban J connectivity index is 1.56. The Bertz CT molecular complexity index is 1160. The SMILES string of the molecule is COc1cc(C(=O)NCc2nc3ccccc3n2CC(=O)N2CCCCC2)cc(OC)c1OC. The number of rotatable bonds is 8. The van der Waals surface area contributed by atoms with Gasteiger partial charge in [-0.25, -0.2) is 4.98 Å². The van der Waals surface area contributed by atoms with Gasteiger partial charge in [0.05, 0.1) is 38.9 Å². The van der Waals surface area contributed by atoms with Crippen molar-refractivity contribution >= 4 is 22.8 Å². The summed E-state index contributed by atoms with van der Waals surface area (Å²) in [6.07, 6.45) is 3.23. The average Bonchev–Trinajstić information content (AvgIpc) is 3.23. The summed E-state index contributed by atoms with van der Waals surface area (Å²) in [6.45, 7) is 1.94. The molecule has 0 radical (unpaired) electrons. The number of piperidine rings is 1. The van der Waals surface area contributed by atoms with Crippen molar-refractivity contribution in [3.8, 4) is 17.2 Å². The number of benzene rings is 2. The summed E-state index contributed by atoms with van der Waals surface area (Å²) in [5, 5.41) is 2.91. The van der Waals surface area contributed by atoms with Crippen LogP contribution >= 0.6 is 0 Å². The highest BCUT2D eigenvalue weighted by molar-refractivity contribution is 5.95. The minimum Gasteiger partial charge on any atom is -0.493 e. The number of aromatic nitrogens is 2. The van der Waals surface area contributed by atoms with Crippen LogP contribution in [0.25, 0.3) is 11.0 Å². The number of nitrogens with zero attached hydrogens (tertiary/aromatic N) is 3. The molecule has 2 heterocycles. The largest absolute Gasteiger partial charge is 0.493 e. The van der Waals surface area contributed by atoms with Crippen LogP contribution < -0.4 is 19.5 Å². The summed E-state index contributed by atoms with van der Waals surface area (Å²) >= 11 is 0. The first-order valence-electron chi connectivity index (χ1n) is 11.4. The molecule has 4 rings (SSSR count). The first kappa shape index (κ1) is 23.4. The first-order valence-corrected chi connectivity index (χ1v) is 11.4. The maximum atomic E-state index is 13.0. The van der Waals surface area contributed by atoms with Gasteiger partial charge >= 0.3 is 0 Å². The van der Waals surface area contributed by atoms with Crippen molar-refractivity contribution in [3.05, 3.63) is 47.8 Å². The maximum absolute atomic E-state index is 13.0. The summed E-state index contributed by atoms with van der Waals surface area (Å²) < 4.78 is 17.9. The van der Waals surface area contributed by atoms with Gasteiger partial charge in [-0.05, 0) is 43.5 Å². The number of hydrogen-bond donors (Lipinski definition) is 1. The topological polar surface area (TPSA) is 94.9 Å². The molecule has 0 bridgehead atoms. The van der Waals surface area contributed by atoms with E-state index < -0.39 is 0 Å². The third-order valence-corrected chi connectivity index (χ3v) is 6.07. The quantitative estimate of drug-likeness (QED) is 0.548. The molecule has 1 N–H and O–H groups in total. The number of ether oxygens (including phenoxy) is 3. The number of amides is 2. The molecule has 1 aliphatic heterocycles. The van der Waals surface area contributed by atoms with Crippen molar-refractivity contribution < 1.29 is 23.8 Å². The van der Waals surface area contributed by atoms with E-state index in [1.807, 2.05) is 33.7 Å². The molecule has 0 atom stereocenters. The number of likely N-dealkylation sites (tertiary alicyclic amines) is 1. The lowest BCUT2D eigenvalue weighted by Crippen LogP contribution is -2.38. The van der Waals surface area contributed by atoms with Gasteiger partial charge in [-0.15, -0.1) is 0 Å². The number of imidazole rings is 1. The molecule has 2 amide bonds. The standard InChI is InChI=1S/C25H30N4O5/c1-32-20-13-17(14-21(33-2)24(20)34-3)25(31)26-15-22-27-18-9-5-6-10-19(18)29(22)16-23(30)28-11-7-4-8-12-28/h5-6,9-10,13-14H,4,7-8,11-12,15-16H2,1-3H3,(H,26,31). The van der Waals surface area contributed by atoms with Gasteiger partial charge in [-0.2, -0.15) is 0 Å². The van der Waals surface area contributed by atoms with E-state index in [-0.39, 0.29) is 24.9 Å². The normalized spacial score (nSPS) is 13.6. The lowest BCUT2D eigenvalue weighted by molar-refractivity contribution is -0.132. The van der Waals surface area contributed by atoms with E-state index in [0.717, 1.165) is 43.4 Å². The Morgan fingerprint density at radius 1 is 0.971 bits per heavy atom. The Kier molecular flexibility index (Phi) is 7.20. The second kappa shape index (κ2) is 10.5. The summed E-state index contributed by atoms with van der Waals surface area (Å²) in [6, 6.07) is 10.9. The van der Waals surface area contributed by atoms with Crippen LogP contribution in [0.5, 0.6) is 17.2 Å². The fraction of sp³-hybridized carbons (Fsp3) is 0.400. The Morgan fingerprint density at radius 3 is 2.29 bits per heavy atom. The minimum absolute atomic E-state index is 0.0695. The average molecular weight is 467 g/mol. The van der Waals surface area contributed by atoms with Crippen LogP contribution in [-0.4, -0.2) is 60.7 Å². The van der Waals surface area contributed by atoms with Crippen molar-refractivity contribution in [1.29, 1.82) is 0 Å². The van der Waals surface area contributed by atoms with Crippen LogP contribution in [0.4, 0.5) is 0 Å². The van der Waals surface area contributed by atoms with E-state index in [1.54, 1.807) is 12.1 Å². The molecule has 34 heavy (non-hydrogen) atoms. The Labute approximate surface area is 198 Å². The van der Waals surface area contributed by atoms with E-state index in [1.165, 1.54) is 21.3 Å². The Hall–Kier alpha value is -3.75. The molecule has 9 heteroatoms. The zero-order valence-corrected chi connectivity index (χ0v) is 19.8. The van der Waals surface area contributed by atoms with E-state index in [9.17, 15) is 9.59 Å². The van der Waals surface area contributed by atoms with Crippen LogP contribution in [0.3, 0.4) is 0 Å². The smallest absolute Gasteiger partial charge is 0.251 e. The molecular weight excluding hydrogens is 436 g/mol. The molecule has 0 saturated carbocycles. The number of para-hydroxylation sites is 2. The van der Waals surface area contributed by atoms with Gasteiger partial charge in [0.25, 0.3) is 5.91 Å². The predicted molar refractivity (Wildman–Crippen MR) is 127 cm³/mol. The number of hydrogen-bond acceptors (Lipinski definition) is 6. The summed E-state index contributed by atoms with van der Waals surface area (Å²) in [5.41, 5.74) is 2.01. The van der Waals surface area contributed by atoms with E-state index in [0.29, 0.717) is 28.6 Å². The molecule has 0 unspecified atom stereocenters. The first-order chi connectivity index (χ1) is 16.5. The van der Waals surface area contributed by atoms with E-state index >= 15 is 0 Å². The summed E-state index contributed by atoms with van der Waals surface area (Å²) in [5.74, 6) is 1.57. The van der Waals surface area contributed by atoms with E-state index in [2.05, 4.69) is 10.3 Å². The van der Waals surface area contributed by atoms with Gasteiger partial charge in [0.2, 0.25) is 11.7 Å². The van der Waals surface area contributed by atoms with Crippen molar-refractivity contribution in [2.24, 2.45) is 0 Å². The zero-order chi connectivity index (χ0) is 24.1. The van der Waals surface area contributed by atoms with Gasteiger partial charge in [0.15, 0.2) is 11.5 Å². The lowest BCUT2D eigenvalue weighted by Gasteiger charge is -2.27. The number of nitrogens with one attached hydrogen (secondary N) is 1. The highest BCUT2D eigenvalue weighted by Crippen LogP contribution is 2.38. The predicted octanol–water partition coefficient (Wildman–Crippen LogP) is 3.00. The van der Waals surface area contributed by atoms with Crippen LogP contribution in [0.1, 0.15) is 35.4 Å². The van der Waals surface area contributed by atoms with Crippen molar-refractivity contribution in [3.63, 3.8) is 0 Å². The molecule has 1 aliphatic rings. The minimum atomic E-state index is -0.319. The highest BCUT2D eigenvalue weighted by atomic mass is 16.5. The molecular formula is C25H30N4O5. The molecule has 0 spiro atoms. The van der Waals surface area contributed by atoms with Gasteiger partial charge in [-0.3, -0.25) is 9.59 Å². The molecule has 1 aromatic heterocycles. The lowest BCUT2D eigenvalue weighted by atomic mass is 10.1. The van der Waals surface area contributed by atoms with Crippen LogP contribution in [0.2, 0.25) is 0 Å². The van der Waals surface area contributed by atoms with E-state index in [4.69, 9.17) is 14.2 Å². The van der Waals surface area contributed by atoms with Crippen molar-refractivity contribution in [2.75, 3.05) is 34.4 Å². The molecule has 3 aromatic rings. The molecule has 9 nitrogen and oxygen atoms in total. The van der Waals surface area contributed by atoms with Crippen molar-refractivity contribution in [2.45, 2.75) is 32.4 Å². The molecule has 1 saturated heterocycles. The van der Waals surface area contributed by atoms with Crippen LogP contribution in [-0.2, 0) is 17.9 Å².